The lowest BCUT2D eigenvalue weighted by molar-refractivity contribution is 0.138. The summed E-state index contributed by atoms with van der Waals surface area (Å²) in [5.41, 5.74) is 3.41. The van der Waals surface area contributed by atoms with E-state index in [9.17, 15) is 0 Å². The van der Waals surface area contributed by atoms with Crippen LogP contribution < -0.4 is 4.74 Å². The van der Waals surface area contributed by atoms with Gasteiger partial charge >= 0.3 is 0 Å². The Hall–Kier alpha value is -1.12. The largest absolute Gasteiger partial charge is 0.487 e. The standard InChI is InChI=1S/C18H19ClOS/c1-18(2)11-14-10-13(6-9-16(14)20-18)17(19)12-4-7-15(21-3)8-5-12/h4-10,17H,11H2,1-3H3. The van der Waals surface area contributed by atoms with Crippen LogP contribution in [-0.2, 0) is 6.42 Å². The number of thioether (sulfide) groups is 1. The summed E-state index contributed by atoms with van der Waals surface area (Å²) in [5, 5.41) is -0.116. The average Bonchev–Trinajstić information content (AvgIpc) is 2.79. The van der Waals surface area contributed by atoms with E-state index in [1.54, 1.807) is 11.8 Å². The Morgan fingerprint density at radius 1 is 1.10 bits per heavy atom. The molecule has 2 aromatic carbocycles. The van der Waals surface area contributed by atoms with E-state index < -0.39 is 0 Å². The second-order valence-corrected chi connectivity index (χ2v) is 7.36. The van der Waals surface area contributed by atoms with Crippen molar-refractivity contribution in [3.05, 3.63) is 59.2 Å². The van der Waals surface area contributed by atoms with Gasteiger partial charge in [-0.1, -0.05) is 24.3 Å². The predicted octanol–water partition coefficient (Wildman–Crippen LogP) is 5.45. The Morgan fingerprint density at radius 2 is 1.76 bits per heavy atom. The number of halogens is 1. The van der Waals surface area contributed by atoms with Crippen LogP contribution in [0.2, 0.25) is 0 Å². The molecule has 0 saturated carbocycles. The third-order valence-electron chi connectivity index (χ3n) is 3.79. The van der Waals surface area contributed by atoms with Crippen molar-refractivity contribution in [1.29, 1.82) is 0 Å². The maximum Gasteiger partial charge on any atom is 0.123 e. The number of fused-ring (bicyclic) bond motifs is 1. The van der Waals surface area contributed by atoms with E-state index in [0.29, 0.717) is 0 Å². The van der Waals surface area contributed by atoms with Crippen molar-refractivity contribution < 1.29 is 4.74 Å². The Labute approximate surface area is 135 Å². The normalized spacial score (nSPS) is 17.1. The van der Waals surface area contributed by atoms with Crippen molar-refractivity contribution in [2.24, 2.45) is 0 Å². The van der Waals surface area contributed by atoms with Gasteiger partial charge in [-0.3, -0.25) is 0 Å². The zero-order chi connectivity index (χ0) is 15.0. The highest BCUT2D eigenvalue weighted by molar-refractivity contribution is 7.98. The van der Waals surface area contributed by atoms with Crippen LogP contribution in [0.3, 0.4) is 0 Å². The second-order valence-electron chi connectivity index (χ2n) is 6.04. The molecule has 0 saturated heterocycles. The molecule has 3 rings (SSSR count). The van der Waals surface area contributed by atoms with Crippen LogP contribution >= 0.6 is 23.4 Å². The number of hydrogen-bond acceptors (Lipinski definition) is 2. The van der Waals surface area contributed by atoms with E-state index in [4.69, 9.17) is 16.3 Å². The first-order valence-electron chi connectivity index (χ1n) is 7.08. The fraction of sp³-hybridized carbons (Fsp3) is 0.333. The molecule has 1 aliphatic rings. The van der Waals surface area contributed by atoms with Gasteiger partial charge in [0.15, 0.2) is 0 Å². The molecule has 2 aromatic rings. The van der Waals surface area contributed by atoms with Crippen LogP contribution in [0, 0.1) is 0 Å². The first-order valence-corrected chi connectivity index (χ1v) is 8.74. The van der Waals surface area contributed by atoms with Gasteiger partial charge < -0.3 is 4.74 Å². The summed E-state index contributed by atoms with van der Waals surface area (Å²) in [4.78, 5) is 1.26. The van der Waals surface area contributed by atoms with Gasteiger partial charge in [-0.2, -0.15) is 0 Å². The summed E-state index contributed by atoms with van der Waals surface area (Å²) in [6.07, 6.45) is 3.01. The van der Waals surface area contributed by atoms with Crippen molar-refractivity contribution in [3.8, 4) is 5.75 Å². The zero-order valence-corrected chi connectivity index (χ0v) is 14.1. The Bertz CT molecular complexity index is 649. The number of benzene rings is 2. The van der Waals surface area contributed by atoms with E-state index in [1.165, 1.54) is 10.5 Å². The van der Waals surface area contributed by atoms with E-state index in [0.717, 1.165) is 23.3 Å². The lowest BCUT2D eigenvalue weighted by atomic mass is 9.97. The molecule has 0 spiro atoms. The van der Waals surface area contributed by atoms with Crippen molar-refractivity contribution in [2.75, 3.05) is 6.26 Å². The minimum Gasteiger partial charge on any atom is -0.487 e. The Kier molecular flexibility index (Phi) is 3.94. The molecule has 1 nitrogen and oxygen atoms in total. The summed E-state index contributed by atoms with van der Waals surface area (Å²) >= 11 is 8.39. The van der Waals surface area contributed by atoms with Crippen molar-refractivity contribution in [3.63, 3.8) is 0 Å². The molecule has 0 bridgehead atoms. The summed E-state index contributed by atoms with van der Waals surface area (Å²) < 4.78 is 5.92. The molecule has 1 aliphatic heterocycles. The molecule has 1 heterocycles. The van der Waals surface area contributed by atoms with Crippen molar-refractivity contribution in [2.45, 2.75) is 36.1 Å². The van der Waals surface area contributed by atoms with E-state index in [-0.39, 0.29) is 11.0 Å². The molecule has 3 heteroatoms. The topological polar surface area (TPSA) is 9.23 Å². The molecule has 0 aliphatic carbocycles. The fourth-order valence-electron chi connectivity index (χ4n) is 2.75. The van der Waals surface area contributed by atoms with E-state index in [2.05, 4.69) is 56.5 Å². The van der Waals surface area contributed by atoms with Crippen LogP contribution in [0.5, 0.6) is 5.75 Å². The lowest BCUT2D eigenvalue weighted by Gasteiger charge is -2.16. The summed E-state index contributed by atoms with van der Waals surface area (Å²) in [6, 6.07) is 14.8. The minimum atomic E-state index is -0.116. The second kappa shape index (κ2) is 5.58. The van der Waals surface area contributed by atoms with E-state index >= 15 is 0 Å². The Morgan fingerprint density at radius 3 is 2.43 bits per heavy atom. The van der Waals surface area contributed by atoms with Crippen LogP contribution in [0.1, 0.15) is 35.9 Å². The molecule has 0 amide bonds. The maximum absolute atomic E-state index is 6.65. The molecule has 0 fully saturated rings. The highest BCUT2D eigenvalue weighted by atomic mass is 35.5. The van der Waals surface area contributed by atoms with Gasteiger partial charge in [-0.05, 0) is 55.0 Å². The third-order valence-corrected chi connectivity index (χ3v) is 5.04. The van der Waals surface area contributed by atoms with Crippen LogP contribution in [-0.4, -0.2) is 11.9 Å². The molecule has 21 heavy (non-hydrogen) atoms. The molecular weight excluding hydrogens is 300 g/mol. The molecule has 110 valence electrons. The third kappa shape index (κ3) is 3.07. The maximum atomic E-state index is 6.65. The number of ether oxygens (including phenoxy) is 1. The van der Waals surface area contributed by atoms with Gasteiger partial charge in [0.25, 0.3) is 0 Å². The summed E-state index contributed by atoms with van der Waals surface area (Å²) in [6.45, 7) is 4.23. The quantitative estimate of drug-likeness (QED) is 0.549. The highest BCUT2D eigenvalue weighted by Crippen LogP contribution is 2.38. The lowest BCUT2D eigenvalue weighted by Crippen LogP contribution is -2.24. The smallest absolute Gasteiger partial charge is 0.123 e. The summed E-state index contributed by atoms with van der Waals surface area (Å²) in [5.74, 6) is 0.991. The van der Waals surface area contributed by atoms with Gasteiger partial charge in [0.1, 0.15) is 11.4 Å². The predicted molar refractivity (Wildman–Crippen MR) is 90.8 cm³/mol. The SMILES string of the molecule is CSc1ccc(C(Cl)c2ccc3c(c2)CC(C)(C)O3)cc1. The van der Waals surface area contributed by atoms with Crippen LogP contribution in [0.25, 0.3) is 0 Å². The molecule has 0 aromatic heterocycles. The van der Waals surface area contributed by atoms with Gasteiger partial charge in [-0.25, -0.2) is 0 Å². The van der Waals surface area contributed by atoms with Gasteiger partial charge in [0.2, 0.25) is 0 Å². The van der Waals surface area contributed by atoms with Crippen LogP contribution in [0.15, 0.2) is 47.4 Å². The highest BCUT2D eigenvalue weighted by Gasteiger charge is 2.30. The van der Waals surface area contributed by atoms with Gasteiger partial charge in [0, 0.05) is 11.3 Å². The summed E-state index contributed by atoms with van der Waals surface area (Å²) in [7, 11) is 0. The van der Waals surface area contributed by atoms with Crippen molar-refractivity contribution in [1.82, 2.24) is 0 Å². The average molecular weight is 319 g/mol. The van der Waals surface area contributed by atoms with Gasteiger partial charge in [0.05, 0.1) is 5.38 Å². The number of rotatable bonds is 3. The van der Waals surface area contributed by atoms with Crippen molar-refractivity contribution >= 4 is 23.4 Å². The number of hydrogen-bond donors (Lipinski definition) is 0. The molecule has 0 radical (unpaired) electrons. The fourth-order valence-corrected chi connectivity index (χ4v) is 3.44. The minimum absolute atomic E-state index is 0.108. The van der Waals surface area contributed by atoms with Gasteiger partial charge in [-0.15, -0.1) is 23.4 Å². The Balaban J connectivity index is 1.87. The number of alkyl halides is 1. The first-order chi connectivity index (χ1) is 9.98. The van der Waals surface area contributed by atoms with Crippen LogP contribution in [0.4, 0.5) is 0 Å². The molecule has 1 atom stereocenters. The zero-order valence-electron chi connectivity index (χ0n) is 12.5. The van der Waals surface area contributed by atoms with E-state index in [1.807, 2.05) is 6.07 Å². The monoisotopic (exact) mass is 318 g/mol. The molecular formula is C18H19ClOS. The molecule has 1 unspecified atom stereocenters. The molecule has 0 N–H and O–H groups in total. The first kappa shape index (κ1) is 14.8.